The van der Waals surface area contributed by atoms with Gasteiger partial charge in [0, 0.05) is 10.8 Å². The van der Waals surface area contributed by atoms with E-state index in [1.807, 2.05) is 24.3 Å². The highest BCUT2D eigenvalue weighted by Gasteiger charge is 2.17. The maximum Gasteiger partial charge on any atom is 0.161 e. The fourth-order valence-corrected chi connectivity index (χ4v) is 2.43. The maximum absolute atomic E-state index is 10.7. The highest BCUT2D eigenvalue weighted by Crippen LogP contribution is 2.33. The highest BCUT2D eigenvalue weighted by molar-refractivity contribution is 5.84. The van der Waals surface area contributed by atoms with Gasteiger partial charge in [-0.15, -0.1) is 0 Å². The predicted molar refractivity (Wildman–Crippen MR) is 83.1 cm³/mol. The van der Waals surface area contributed by atoms with Crippen LogP contribution in [0.15, 0.2) is 48.7 Å². The molecule has 1 aromatic heterocycles. The molecule has 0 fully saturated rings. The molecule has 1 unspecified atom stereocenters. The van der Waals surface area contributed by atoms with Gasteiger partial charge in [-0.05, 0) is 17.7 Å². The summed E-state index contributed by atoms with van der Waals surface area (Å²) in [5.74, 6) is 1.18. The number of methoxy groups -OCH3 is 2. The third-order valence-electron chi connectivity index (χ3n) is 3.58. The Kier molecular flexibility index (Phi) is 3.89. The number of hydrogen-bond donors (Lipinski definition) is 1. The first-order valence-corrected chi connectivity index (χ1v) is 6.85. The second kappa shape index (κ2) is 5.99. The van der Waals surface area contributed by atoms with Gasteiger partial charge in [-0.2, -0.15) is 10.2 Å². The quantitative estimate of drug-likeness (QED) is 0.802. The number of ether oxygens (including phenoxy) is 2. The largest absolute Gasteiger partial charge is 0.493 e. The molecule has 5 heteroatoms. The van der Waals surface area contributed by atoms with Crippen LogP contribution in [0, 0.1) is 0 Å². The lowest BCUT2D eigenvalue weighted by Crippen LogP contribution is -2.05. The van der Waals surface area contributed by atoms with Crippen molar-refractivity contribution >= 4 is 10.8 Å². The molecule has 0 radical (unpaired) electrons. The number of nitrogens with zero attached hydrogens (tertiary/aromatic N) is 2. The highest BCUT2D eigenvalue weighted by atomic mass is 16.5. The number of fused-ring (bicyclic) bond motifs is 1. The molecule has 112 valence electrons. The molecule has 22 heavy (non-hydrogen) atoms. The molecule has 0 bridgehead atoms. The fourth-order valence-electron chi connectivity index (χ4n) is 2.43. The molecule has 0 aliphatic heterocycles. The molecule has 3 rings (SSSR count). The summed E-state index contributed by atoms with van der Waals surface area (Å²) < 4.78 is 10.5. The van der Waals surface area contributed by atoms with Crippen LogP contribution in [0.3, 0.4) is 0 Å². The van der Waals surface area contributed by atoms with Crippen LogP contribution in [-0.4, -0.2) is 29.5 Å². The molecule has 2 aromatic carbocycles. The number of benzene rings is 2. The van der Waals surface area contributed by atoms with Gasteiger partial charge in [0.1, 0.15) is 11.8 Å². The number of aromatic nitrogens is 2. The molecule has 0 saturated heterocycles. The van der Waals surface area contributed by atoms with Crippen LogP contribution in [0.25, 0.3) is 10.8 Å². The topological polar surface area (TPSA) is 64.5 Å². The van der Waals surface area contributed by atoms with E-state index in [0.717, 1.165) is 10.8 Å². The van der Waals surface area contributed by atoms with Gasteiger partial charge >= 0.3 is 0 Å². The summed E-state index contributed by atoms with van der Waals surface area (Å²) in [5.41, 5.74) is 1.19. The van der Waals surface area contributed by atoms with Crippen molar-refractivity contribution < 1.29 is 14.6 Å². The van der Waals surface area contributed by atoms with E-state index < -0.39 is 6.10 Å². The zero-order chi connectivity index (χ0) is 15.5. The van der Waals surface area contributed by atoms with Gasteiger partial charge in [0.2, 0.25) is 0 Å². The van der Waals surface area contributed by atoms with Crippen LogP contribution < -0.4 is 9.47 Å². The Morgan fingerprint density at radius 3 is 2.55 bits per heavy atom. The van der Waals surface area contributed by atoms with Gasteiger partial charge < -0.3 is 14.6 Å². The van der Waals surface area contributed by atoms with Crippen LogP contribution in [0.2, 0.25) is 0 Å². The van der Waals surface area contributed by atoms with Crippen molar-refractivity contribution in [2.45, 2.75) is 6.10 Å². The molecule has 1 N–H and O–H groups in total. The average Bonchev–Trinajstić information content (AvgIpc) is 2.60. The summed E-state index contributed by atoms with van der Waals surface area (Å²) in [6, 6.07) is 13.0. The van der Waals surface area contributed by atoms with Crippen molar-refractivity contribution in [2.75, 3.05) is 14.2 Å². The monoisotopic (exact) mass is 296 g/mol. The summed E-state index contributed by atoms with van der Waals surface area (Å²) in [4.78, 5) is 0. The second-order valence-corrected chi connectivity index (χ2v) is 4.83. The summed E-state index contributed by atoms with van der Waals surface area (Å²) in [6.07, 6.45) is 0.790. The molecule has 5 nitrogen and oxygen atoms in total. The standard InChI is InChI=1S/C17H16N2O3/c1-21-14-8-7-11(9-15(14)22-2)17(20)16-13-6-4-3-5-12(13)10-18-19-16/h3-10,17,20H,1-2H3. The van der Waals surface area contributed by atoms with E-state index >= 15 is 0 Å². The van der Waals surface area contributed by atoms with Crippen molar-refractivity contribution in [2.24, 2.45) is 0 Å². The van der Waals surface area contributed by atoms with Gasteiger partial charge in [0.05, 0.1) is 20.4 Å². The first kappa shape index (κ1) is 14.3. The number of hydrogen-bond acceptors (Lipinski definition) is 5. The first-order chi connectivity index (χ1) is 10.7. The van der Waals surface area contributed by atoms with Gasteiger partial charge in [-0.25, -0.2) is 0 Å². The van der Waals surface area contributed by atoms with Crippen LogP contribution in [0.1, 0.15) is 17.4 Å². The molecule has 3 aromatic rings. The Hall–Kier alpha value is -2.66. The van der Waals surface area contributed by atoms with E-state index in [2.05, 4.69) is 10.2 Å². The third kappa shape index (κ3) is 2.46. The summed E-state index contributed by atoms with van der Waals surface area (Å²) in [5, 5.41) is 20.6. The minimum Gasteiger partial charge on any atom is -0.493 e. The Labute approximate surface area is 128 Å². The Morgan fingerprint density at radius 1 is 1.00 bits per heavy atom. The van der Waals surface area contributed by atoms with E-state index in [9.17, 15) is 5.11 Å². The van der Waals surface area contributed by atoms with Crippen LogP contribution in [-0.2, 0) is 0 Å². The lowest BCUT2D eigenvalue weighted by atomic mass is 10.0. The van der Waals surface area contributed by atoms with Crippen molar-refractivity contribution in [3.05, 3.63) is 59.9 Å². The van der Waals surface area contributed by atoms with Crippen molar-refractivity contribution in [3.63, 3.8) is 0 Å². The minimum atomic E-state index is -0.890. The first-order valence-electron chi connectivity index (χ1n) is 6.85. The van der Waals surface area contributed by atoms with E-state index in [1.54, 1.807) is 38.6 Å². The van der Waals surface area contributed by atoms with Gasteiger partial charge in [-0.1, -0.05) is 30.3 Å². The summed E-state index contributed by atoms with van der Waals surface area (Å²) in [7, 11) is 3.13. The Bertz CT molecular complexity index is 800. The molecule has 0 amide bonds. The lowest BCUT2D eigenvalue weighted by molar-refractivity contribution is 0.215. The van der Waals surface area contributed by atoms with Crippen molar-refractivity contribution in [3.8, 4) is 11.5 Å². The predicted octanol–water partition coefficient (Wildman–Crippen LogP) is 2.73. The molecule has 0 spiro atoms. The zero-order valence-electron chi connectivity index (χ0n) is 12.4. The van der Waals surface area contributed by atoms with E-state index in [-0.39, 0.29) is 0 Å². The summed E-state index contributed by atoms with van der Waals surface area (Å²) >= 11 is 0. The zero-order valence-corrected chi connectivity index (χ0v) is 12.4. The Morgan fingerprint density at radius 2 is 1.77 bits per heavy atom. The second-order valence-electron chi connectivity index (χ2n) is 4.83. The lowest BCUT2D eigenvalue weighted by Gasteiger charge is -2.15. The van der Waals surface area contributed by atoms with Crippen LogP contribution >= 0.6 is 0 Å². The third-order valence-corrected chi connectivity index (χ3v) is 3.58. The molecule has 0 aliphatic rings. The SMILES string of the molecule is COc1ccc(C(O)c2nncc3ccccc23)cc1OC. The van der Waals surface area contributed by atoms with E-state index in [1.165, 1.54) is 0 Å². The number of rotatable bonds is 4. The smallest absolute Gasteiger partial charge is 0.161 e. The van der Waals surface area contributed by atoms with Crippen molar-refractivity contribution in [1.82, 2.24) is 10.2 Å². The van der Waals surface area contributed by atoms with E-state index in [0.29, 0.717) is 22.8 Å². The molecule has 0 saturated carbocycles. The van der Waals surface area contributed by atoms with E-state index in [4.69, 9.17) is 9.47 Å². The van der Waals surface area contributed by atoms with Gasteiger partial charge in [-0.3, -0.25) is 0 Å². The number of aliphatic hydroxyl groups is 1. The molecular weight excluding hydrogens is 280 g/mol. The molecule has 1 heterocycles. The van der Waals surface area contributed by atoms with Crippen molar-refractivity contribution in [1.29, 1.82) is 0 Å². The minimum absolute atomic E-state index is 0.519. The molecule has 1 atom stereocenters. The maximum atomic E-state index is 10.7. The average molecular weight is 296 g/mol. The van der Waals surface area contributed by atoms with Crippen LogP contribution in [0.5, 0.6) is 11.5 Å². The number of aliphatic hydroxyl groups excluding tert-OH is 1. The molecular formula is C17H16N2O3. The Balaban J connectivity index is 2.08. The van der Waals surface area contributed by atoms with Gasteiger partial charge in [0.25, 0.3) is 0 Å². The molecule has 0 aliphatic carbocycles. The van der Waals surface area contributed by atoms with Gasteiger partial charge in [0.15, 0.2) is 11.5 Å². The fraction of sp³-hybridized carbons (Fsp3) is 0.176. The van der Waals surface area contributed by atoms with Crippen LogP contribution in [0.4, 0.5) is 0 Å². The summed E-state index contributed by atoms with van der Waals surface area (Å²) in [6.45, 7) is 0. The normalized spacial score (nSPS) is 12.1.